The Morgan fingerprint density at radius 3 is 2.75 bits per heavy atom. The second kappa shape index (κ2) is 7.59. The summed E-state index contributed by atoms with van der Waals surface area (Å²) in [5.74, 6) is 2.18. The molecule has 0 aliphatic carbocycles. The molecule has 1 fully saturated rings. The van der Waals surface area contributed by atoms with E-state index in [2.05, 4.69) is 37.0 Å². The van der Waals surface area contributed by atoms with Gasteiger partial charge in [-0.1, -0.05) is 24.3 Å². The smallest absolute Gasteiger partial charge is 0.240 e. The van der Waals surface area contributed by atoms with Crippen LogP contribution in [0.1, 0.15) is 19.3 Å². The van der Waals surface area contributed by atoms with E-state index in [4.69, 9.17) is 15.5 Å². The number of hydrogen-bond acceptors (Lipinski definition) is 7. The van der Waals surface area contributed by atoms with Gasteiger partial charge in [-0.05, 0) is 36.9 Å². The van der Waals surface area contributed by atoms with E-state index in [0.29, 0.717) is 6.61 Å². The molecule has 0 unspecified atom stereocenters. The van der Waals surface area contributed by atoms with Crippen LogP contribution in [0.3, 0.4) is 0 Å². The Morgan fingerprint density at radius 2 is 1.97 bits per heavy atom. The molecule has 2 N–H and O–H groups in total. The number of nitrogens with two attached hydrogens (primary N) is 1. The molecule has 0 spiro atoms. The van der Waals surface area contributed by atoms with Gasteiger partial charge in [0.05, 0.1) is 12.1 Å². The number of nitrogens with zero attached hydrogens (tertiary/aromatic N) is 5. The number of hydrogen-bond donors (Lipinski definition) is 1. The van der Waals surface area contributed by atoms with Crippen molar-refractivity contribution in [2.24, 2.45) is 5.73 Å². The van der Waals surface area contributed by atoms with Gasteiger partial charge in [0, 0.05) is 36.0 Å². The molecule has 1 saturated heterocycles. The van der Waals surface area contributed by atoms with Crippen LogP contribution in [-0.2, 0) is 11.3 Å². The van der Waals surface area contributed by atoms with Crippen molar-refractivity contribution in [1.29, 1.82) is 0 Å². The lowest BCUT2D eigenvalue weighted by atomic mass is 10.1. The third-order valence-corrected chi connectivity index (χ3v) is 6.73. The Balaban J connectivity index is 1.46. The molecule has 6 rings (SSSR count). The summed E-state index contributed by atoms with van der Waals surface area (Å²) >= 11 is 1.34. The van der Waals surface area contributed by atoms with E-state index >= 15 is 0 Å². The largest absolute Gasteiger partial charge is 0.491 e. The summed E-state index contributed by atoms with van der Waals surface area (Å²) in [5.41, 5.74) is 12.2. The van der Waals surface area contributed by atoms with Crippen molar-refractivity contribution in [3.8, 4) is 28.5 Å². The van der Waals surface area contributed by atoms with Gasteiger partial charge in [0.1, 0.15) is 28.6 Å². The molecule has 2 aromatic carbocycles. The molecule has 1 atom stereocenters. The average molecular weight is 447 g/mol. The third-order valence-electron chi connectivity index (χ3n) is 6.25. The first-order chi connectivity index (χ1) is 15.7. The van der Waals surface area contributed by atoms with Gasteiger partial charge in [-0.2, -0.15) is 4.37 Å². The number of amides is 1. The van der Waals surface area contributed by atoms with Crippen molar-refractivity contribution >= 4 is 34.2 Å². The minimum absolute atomic E-state index is 0.279. The second-order valence-corrected chi connectivity index (χ2v) is 8.79. The topological polar surface area (TPSA) is 99.2 Å². The molecule has 0 bridgehead atoms. The molecule has 8 nitrogen and oxygen atoms in total. The predicted octanol–water partition coefficient (Wildman–Crippen LogP) is 3.46. The van der Waals surface area contributed by atoms with Crippen molar-refractivity contribution in [2.45, 2.75) is 31.8 Å². The Hall–Kier alpha value is -3.46. The van der Waals surface area contributed by atoms with E-state index in [9.17, 15) is 4.79 Å². The van der Waals surface area contributed by atoms with Crippen LogP contribution in [0, 0.1) is 0 Å². The Labute approximate surface area is 188 Å². The molecule has 2 aliphatic heterocycles. The van der Waals surface area contributed by atoms with Crippen LogP contribution in [0.4, 0.5) is 5.69 Å². The molecule has 0 radical (unpaired) electrons. The van der Waals surface area contributed by atoms with Crippen molar-refractivity contribution < 1.29 is 9.53 Å². The Morgan fingerprint density at radius 1 is 1.12 bits per heavy atom. The van der Waals surface area contributed by atoms with Crippen LogP contribution in [0.15, 0.2) is 41.9 Å². The number of ether oxygens (including phenoxy) is 1. The van der Waals surface area contributed by atoms with Gasteiger partial charge in [0.25, 0.3) is 0 Å². The number of anilines is 1. The second-order valence-electron chi connectivity index (χ2n) is 8.19. The number of carbonyl (C=O) groups is 1. The molecule has 2 aliphatic rings. The van der Waals surface area contributed by atoms with E-state index in [1.807, 2.05) is 18.2 Å². The molecule has 32 heavy (non-hydrogen) atoms. The fourth-order valence-electron chi connectivity index (χ4n) is 4.77. The van der Waals surface area contributed by atoms with Crippen molar-refractivity contribution in [2.75, 3.05) is 18.1 Å². The molecule has 162 valence electrons. The van der Waals surface area contributed by atoms with Crippen LogP contribution in [0.25, 0.3) is 33.8 Å². The Kier molecular flexibility index (Phi) is 4.57. The first-order valence-corrected chi connectivity index (χ1v) is 11.6. The number of rotatable bonds is 4. The fourth-order valence-corrected chi connectivity index (χ4v) is 5.22. The molecular weight excluding hydrogens is 424 g/mol. The number of imidazole rings is 1. The van der Waals surface area contributed by atoms with E-state index in [1.165, 1.54) is 11.5 Å². The van der Waals surface area contributed by atoms with Crippen molar-refractivity contribution in [1.82, 2.24) is 18.9 Å². The number of primary amides is 1. The molecule has 4 heterocycles. The van der Waals surface area contributed by atoms with Crippen LogP contribution < -0.4 is 15.4 Å². The third kappa shape index (κ3) is 3.12. The highest BCUT2D eigenvalue weighted by molar-refractivity contribution is 7.03. The molecular formula is C23H22N6O2S. The molecule has 2 aromatic heterocycles. The first-order valence-electron chi connectivity index (χ1n) is 10.8. The highest BCUT2D eigenvalue weighted by Crippen LogP contribution is 2.38. The normalized spacial score (nSPS) is 18.0. The molecule has 9 heteroatoms. The summed E-state index contributed by atoms with van der Waals surface area (Å²) in [7, 11) is 0. The summed E-state index contributed by atoms with van der Waals surface area (Å²) in [6.07, 6.45) is 2.63. The zero-order chi connectivity index (χ0) is 21.7. The van der Waals surface area contributed by atoms with Crippen LogP contribution in [0.2, 0.25) is 0 Å². The van der Waals surface area contributed by atoms with Gasteiger partial charge in [-0.3, -0.25) is 4.79 Å². The van der Waals surface area contributed by atoms with E-state index in [0.717, 1.165) is 77.6 Å². The monoisotopic (exact) mass is 446 g/mol. The van der Waals surface area contributed by atoms with E-state index in [1.54, 1.807) is 5.51 Å². The number of aryl methyl sites for hydroxylation is 1. The van der Waals surface area contributed by atoms with Crippen molar-refractivity contribution in [3.63, 3.8) is 0 Å². The van der Waals surface area contributed by atoms with Crippen LogP contribution >= 0.6 is 11.5 Å². The summed E-state index contributed by atoms with van der Waals surface area (Å²) in [6, 6.07) is 12.0. The van der Waals surface area contributed by atoms with Crippen LogP contribution in [0.5, 0.6) is 5.75 Å². The highest BCUT2D eigenvalue weighted by atomic mass is 32.1. The van der Waals surface area contributed by atoms with Gasteiger partial charge in [0.15, 0.2) is 5.82 Å². The minimum atomic E-state index is -0.282. The van der Waals surface area contributed by atoms with Crippen LogP contribution in [-0.4, -0.2) is 44.0 Å². The minimum Gasteiger partial charge on any atom is -0.491 e. The quantitative estimate of drug-likeness (QED) is 0.515. The van der Waals surface area contributed by atoms with Gasteiger partial charge in [-0.15, -0.1) is 0 Å². The lowest BCUT2D eigenvalue weighted by molar-refractivity contribution is -0.119. The lowest BCUT2D eigenvalue weighted by Gasteiger charge is -2.25. The maximum Gasteiger partial charge on any atom is 0.240 e. The number of carbonyl (C=O) groups excluding carboxylic acids is 1. The summed E-state index contributed by atoms with van der Waals surface area (Å²) in [5, 5.41) is 0. The van der Waals surface area contributed by atoms with Gasteiger partial charge >= 0.3 is 0 Å². The number of aromatic nitrogens is 4. The summed E-state index contributed by atoms with van der Waals surface area (Å²) in [4.78, 5) is 23.3. The summed E-state index contributed by atoms with van der Waals surface area (Å²) < 4.78 is 12.7. The standard InChI is InChI=1S/C23H22N6O2S/c24-21(30)18-3-1-8-28(18)16-11-17-20-19(12-16)31-10-2-9-29(20)23(26-17)15-6-4-14(5-7-15)22-25-13-32-27-22/h4-7,11-13,18H,1-3,8-10H2,(H2,24,30)/t18-/m0/s1. The van der Waals surface area contributed by atoms with Gasteiger partial charge in [0.2, 0.25) is 5.91 Å². The average Bonchev–Trinajstić information content (AvgIpc) is 3.53. The maximum absolute atomic E-state index is 11.9. The fraction of sp³-hybridized carbons (Fsp3) is 0.304. The maximum atomic E-state index is 11.9. The molecule has 1 amide bonds. The SMILES string of the molecule is NC(=O)[C@@H]1CCCN1c1cc2c3c(c1)nc(-c1ccc(-c4ncsn4)cc1)n3CCCO2. The Bertz CT molecular complexity index is 1300. The molecule has 4 aromatic rings. The van der Waals surface area contributed by atoms with Gasteiger partial charge in [-0.25, -0.2) is 9.97 Å². The van der Waals surface area contributed by atoms with E-state index < -0.39 is 0 Å². The number of benzene rings is 2. The molecule has 0 saturated carbocycles. The zero-order valence-corrected chi connectivity index (χ0v) is 18.2. The zero-order valence-electron chi connectivity index (χ0n) is 17.4. The van der Waals surface area contributed by atoms with E-state index in [-0.39, 0.29) is 11.9 Å². The lowest BCUT2D eigenvalue weighted by Crippen LogP contribution is -2.40. The van der Waals surface area contributed by atoms with Crippen molar-refractivity contribution in [3.05, 3.63) is 41.9 Å². The predicted molar refractivity (Wildman–Crippen MR) is 124 cm³/mol. The first kappa shape index (κ1) is 19.2. The summed E-state index contributed by atoms with van der Waals surface area (Å²) in [6.45, 7) is 2.28. The van der Waals surface area contributed by atoms with Gasteiger partial charge < -0.3 is 19.9 Å². The highest BCUT2D eigenvalue weighted by Gasteiger charge is 2.31.